The molecule has 1 N–H and O–H groups in total. The van der Waals surface area contributed by atoms with Crippen molar-refractivity contribution in [3.05, 3.63) is 65.2 Å². The van der Waals surface area contributed by atoms with Crippen LogP contribution < -0.4 is 4.72 Å². The first-order valence-corrected chi connectivity index (χ1v) is 9.95. The second-order valence-corrected chi connectivity index (χ2v) is 8.11. The Kier molecular flexibility index (Phi) is 5.42. The number of nitrogens with zero attached hydrogens (tertiary/aromatic N) is 1. The first-order chi connectivity index (χ1) is 12.0. The average molecular weight is 379 g/mol. The maximum atomic E-state index is 12.9. The summed E-state index contributed by atoms with van der Waals surface area (Å²) in [6, 6.07) is 13.9. The highest BCUT2D eigenvalue weighted by Crippen LogP contribution is 2.23. The maximum Gasteiger partial charge on any atom is 0.245 e. The van der Waals surface area contributed by atoms with Gasteiger partial charge in [0.2, 0.25) is 15.9 Å². The number of carbonyl (C=O) groups is 1. The van der Waals surface area contributed by atoms with E-state index in [1.165, 1.54) is 12.1 Å². The Morgan fingerprint density at radius 3 is 2.36 bits per heavy atom. The van der Waals surface area contributed by atoms with Crippen molar-refractivity contribution in [1.29, 1.82) is 0 Å². The molecule has 1 aliphatic rings. The van der Waals surface area contributed by atoms with Crippen LogP contribution in [0.1, 0.15) is 24.4 Å². The highest BCUT2D eigenvalue weighted by Gasteiger charge is 2.31. The molecule has 1 amide bonds. The van der Waals surface area contributed by atoms with Crippen LogP contribution in [0.15, 0.2) is 59.5 Å². The number of carbonyl (C=O) groups excluding carboxylic acids is 1. The van der Waals surface area contributed by atoms with E-state index in [0.717, 1.165) is 12.8 Å². The van der Waals surface area contributed by atoms with E-state index in [2.05, 4.69) is 4.72 Å². The Balaban J connectivity index is 1.93. The molecule has 1 fully saturated rings. The van der Waals surface area contributed by atoms with Crippen LogP contribution in [0.25, 0.3) is 0 Å². The van der Waals surface area contributed by atoms with E-state index in [4.69, 9.17) is 11.6 Å². The molecule has 0 unspecified atom stereocenters. The van der Waals surface area contributed by atoms with Crippen molar-refractivity contribution >= 4 is 27.5 Å². The van der Waals surface area contributed by atoms with Gasteiger partial charge in [-0.15, -0.1) is 0 Å². The van der Waals surface area contributed by atoms with Gasteiger partial charge >= 0.3 is 0 Å². The fourth-order valence-corrected chi connectivity index (χ4v) is 4.36. The van der Waals surface area contributed by atoms with Crippen LogP contribution >= 0.6 is 11.6 Å². The van der Waals surface area contributed by atoms with Crippen molar-refractivity contribution in [2.24, 2.45) is 0 Å². The maximum absolute atomic E-state index is 12.9. The topological polar surface area (TPSA) is 66.5 Å². The summed E-state index contributed by atoms with van der Waals surface area (Å²) in [6.45, 7) is 1.31. The fraction of sp³-hybridized carbons (Fsp3) is 0.278. The van der Waals surface area contributed by atoms with E-state index in [1.54, 1.807) is 41.3 Å². The number of halogens is 1. The summed E-state index contributed by atoms with van der Waals surface area (Å²) in [5.74, 6) is -0.227. The van der Waals surface area contributed by atoms with Gasteiger partial charge in [-0.25, -0.2) is 8.42 Å². The molecule has 25 heavy (non-hydrogen) atoms. The van der Waals surface area contributed by atoms with Gasteiger partial charge in [0.1, 0.15) is 6.04 Å². The van der Waals surface area contributed by atoms with Gasteiger partial charge in [0, 0.05) is 18.1 Å². The molecule has 0 radical (unpaired) electrons. The first-order valence-electron chi connectivity index (χ1n) is 8.09. The molecule has 0 aromatic heterocycles. The van der Waals surface area contributed by atoms with Gasteiger partial charge in [-0.3, -0.25) is 4.79 Å². The molecular weight excluding hydrogens is 360 g/mol. The molecule has 132 valence electrons. The molecule has 1 atom stereocenters. The van der Waals surface area contributed by atoms with Crippen LogP contribution in [-0.2, 0) is 14.8 Å². The summed E-state index contributed by atoms with van der Waals surface area (Å²) >= 11 is 5.90. The predicted molar refractivity (Wildman–Crippen MR) is 96.8 cm³/mol. The minimum atomic E-state index is -3.89. The Hall–Kier alpha value is -1.89. The normalized spacial score (nSPS) is 16.0. The van der Waals surface area contributed by atoms with Crippen LogP contribution in [-0.4, -0.2) is 32.3 Å². The second-order valence-electron chi connectivity index (χ2n) is 5.95. The lowest BCUT2D eigenvalue weighted by molar-refractivity contribution is -0.132. The number of hydrogen-bond donors (Lipinski definition) is 1. The number of nitrogens with one attached hydrogen (secondary N) is 1. The molecule has 1 heterocycles. The van der Waals surface area contributed by atoms with Crippen molar-refractivity contribution in [1.82, 2.24) is 9.62 Å². The minimum Gasteiger partial charge on any atom is -0.341 e. The van der Waals surface area contributed by atoms with Gasteiger partial charge in [0.25, 0.3) is 0 Å². The Morgan fingerprint density at radius 2 is 1.72 bits per heavy atom. The molecule has 5 nitrogen and oxygen atoms in total. The molecular formula is C18H19ClN2O3S. The van der Waals surface area contributed by atoms with Gasteiger partial charge in [-0.1, -0.05) is 48.0 Å². The second kappa shape index (κ2) is 7.56. The van der Waals surface area contributed by atoms with E-state index in [0.29, 0.717) is 23.7 Å². The molecule has 0 bridgehead atoms. The summed E-state index contributed by atoms with van der Waals surface area (Å²) in [5, 5.41) is 0.324. The Bertz CT molecular complexity index is 850. The van der Waals surface area contributed by atoms with Crippen molar-refractivity contribution < 1.29 is 13.2 Å². The van der Waals surface area contributed by atoms with E-state index >= 15 is 0 Å². The third-order valence-electron chi connectivity index (χ3n) is 4.18. The molecule has 1 saturated heterocycles. The van der Waals surface area contributed by atoms with Crippen LogP contribution in [0.5, 0.6) is 0 Å². The number of likely N-dealkylation sites (tertiary alicyclic amines) is 1. The van der Waals surface area contributed by atoms with Gasteiger partial charge in [-0.05, 0) is 36.6 Å². The number of hydrogen-bond acceptors (Lipinski definition) is 3. The summed E-state index contributed by atoms with van der Waals surface area (Å²) < 4.78 is 28.0. The minimum absolute atomic E-state index is 0.0372. The van der Waals surface area contributed by atoms with Gasteiger partial charge in [0.15, 0.2) is 0 Å². The highest BCUT2D eigenvalue weighted by molar-refractivity contribution is 7.89. The van der Waals surface area contributed by atoms with E-state index in [1.807, 2.05) is 6.07 Å². The molecule has 7 heteroatoms. The smallest absolute Gasteiger partial charge is 0.245 e. The molecule has 0 saturated carbocycles. The third kappa shape index (κ3) is 4.21. The van der Waals surface area contributed by atoms with Gasteiger partial charge < -0.3 is 4.90 Å². The lowest BCUT2D eigenvalue weighted by Crippen LogP contribution is -2.41. The summed E-state index contributed by atoms with van der Waals surface area (Å²) in [5.41, 5.74) is 0.616. The Labute approximate surface area is 152 Å². The summed E-state index contributed by atoms with van der Waals surface area (Å²) in [7, 11) is -3.89. The molecule has 2 aromatic carbocycles. The SMILES string of the molecule is O=C([C@@H](NS(=O)(=O)c1cccc(Cl)c1)c1ccccc1)N1CCCC1. The molecule has 0 aliphatic carbocycles. The largest absolute Gasteiger partial charge is 0.341 e. The van der Waals surface area contributed by atoms with Crippen LogP contribution in [0.2, 0.25) is 5.02 Å². The lowest BCUT2D eigenvalue weighted by atomic mass is 10.1. The highest BCUT2D eigenvalue weighted by atomic mass is 35.5. The van der Waals surface area contributed by atoms with E-state index < -0.39 is 16.1 Å². The van der Waals surface area contributed by atoms with E-state index in [9.17, 15) is 13.2 Å². The van der Waals surface area contributed by atoms with Gasteiger partial charge in [0.05, 0.1) is 4.90 Å². The molecule has 0 spiro atoms. The zero-order valence-corrected chi connectivity index (χ0v) is 15.1. The first kappa shape index (κ1) is 17.9. The van der Waals surface area contributed by atoms with Crippen molar-refractivity contribution in [2.75, 3.05) is 13.1 Å². The zero-order valence-electron chi connectivity index (χ0n) is 13.6. The summed E-state index contributed by atoms with van der Waals surface area (Å²) in [6.07, 6.45) is 1.88. The third-order valence-corrected chi connectivity index (χ3v) is 5.83. The number of rotatable bonds is 5. The quantitative estimate of drug-likeness (QED) is 0.869. The zero-order chi connectivity index (χ0) is 17.9. The summed E-state index contributed by atoms with van der Waals surface area (Å²) in [4.78, 5) is 14.6. The fourth-order valence-electron chi connectivity index (χ4n) is 2.88. The van der Waals surface area contributed by atoms with Gasteiger partial charge in [-0.2, -0.15) is 4.72 Å². The monoisotopic (exact) mass is 378 g/mol. The van der Waals surface area contributed by atoms with Crippen LogP contribution in [0, 0.1) is 0 Å². The van der Waals surface area contributed by atoms with Crippen molar-refractivity contribution in [3.63, 3.8) is 0 Å². The molecule has 3 rings (SSSR count). The average Bonchev–Trinajstić information content (AvgIpc) is 3.14. The predicted octanol–water partition coefficient (Wildman–Crippen LogP) is 2.98. The number of benzene rings is 2. The molecule has 1 aliphatic heterocycles. The standard InChI is InChI=1S/C18H19ClN2O3S/c19-15-9-6-10-16(13-15)25(23,24)20-17(14-7-2-1-3-8-14)18(22)21-11-4-5-12-21/h1-3,6-10,13,17,20H,4-5,11-12H2/t17-/m0/s1. The number of sulfonamides is 1. The van der Waals surface area contributed by atoms with E-state index in [-0.39, 0.29) is 10.8 Å². The van der Waals surface area contributed by atoms with Crippen LogP contribution in [0.4, 0.5) is 0 Å². The lowest BCUT2D eigenvalue weighted by Gasteiger charge is -2.24. The van der Waals surface area contributed by atoms with Crippen molar-refractivity contribution in [2.45, 2.75) is 23.8 Å². The van der Waals surface area contributed by atoms with Crippen LogP contribution in [0.3, 0.4) is 0 Å². The molecule has 2 aromatic rings. The number of amides is 1. The van der Waals surface area contributed by atoms with Crippen molar-refractivity contribution in [3.8, 4) is 0 Å². The Morgan fingerprint density at radius 1 is 1.04 bits per heavy atom.